The van der Waals surface area contributed by atoms with E-state index in [0.717, 1.165) is 6.54 Å². The van der Waals surface area contributed by atoms with Crippen molar-refractivity contribution in [2.24, 2.45) is 0 Å². The predicted molar refractivity (Wildman–Crippen MR) is 72.5 cm³/mol. The minimum absolute atomic E-state index is 0.000697. The summed E-state index contributed by atoms with van der Waals surface area (Å²) < 4.78 is 5.43. The Morgan fingerprint density at radius 2 is 2.22 bits per heavy atom. The maximum absolute atomic E-state index is 11.4. The van der Waals surface area contributed by atoms with Crippen molar-refractivity contribution in [2.45, 2.75) is 6.42 Å². The van der Waals surface area contributed by atoms with Crippen molar-refractivity contribution in [1.82, 2.24) is 10.2 Å². The number of ether oxygens (including phenoxy) is 1. The number of likely N-dealkylation sites (N-methyl/N-ethyl adjacent to an activating group) is 1. The number of nitrogens with zero attached hydrogens (tertiary/aromatic N) is 1. The number of rotatable bonds is 7. The van der Waals surface area contributed by atoms with E-state index in [2.05, 4.69) is 5.32 Å². The van der Waals surface area contributed by atoms with Crippen molar-refractivity contribution in [1.29, 1.82) is 0 Å². The molecule has 1 aromatic carbocycles. The fourth-order valence-electron chi connectivity index (χ4n) is 1.37. The summed E-state index contributed by atoms with van der Waals surface area (Å²) in [5, 5.41) is 2.83. The van der Waals surface area contributed by atoms with Crippen LogP contribution in [0.3, 0.4) is 0 Å². The molecule has 0 unspecified atom stereocenters. The van der Waals surface area contributed by atoms with Crippen molar-refractivity contribution in [2.75, 3.05) is 39.5 Å². The first-order chi connectivity index (χ1) is 8.58. The van der Waals surface area contributed by atoms with Gasteiger partial charge in [0.2, 0.25) is 5.91 Å². The Bertz CT molecular complexity index is 380. The lowest BCUT2D eigenvalue weighted by Crippen LogP contribution is -2.32. The third-order valence-electron chi connectivity index (χ3n) is 2.34. The Morgan fingerprint density at radius 1 is 1.44 bits per heavy atom. The van der Waals surface area contributed by atoms with E-state index in [0.29, 0.717) is 31.0 Å². The number of nitrogen functional groups attached to an aromatic ring is 1. The number of amides is 1. The fourth-order valence-corrected chi connectivity index (χ4v) is 1.37. The topological polar surface area (TPSA) is 67.6 Å². The monoisotopic (exact) mass is 251 g/mol. The van der Waals surface area contributed by atoms with Gasteiger partial charge in [-0.2, -0.15) is 0 Å². The van der Waals surface area contributed by atoms with Gasteiger partial charge in [0, 0.05) is 24.8 Å². The van der Waals surface area contributed by atoms with E-state index in [9.17, 15) is 4.79 Å². The lowest BCUT2D eigenvalue weighted by atomic mass is 10.3. The number of anilines is 1. The van der Waals surface area contributed by atoms with Gasteiger partial charge in [-0.05, 0) is 26.2 Å². The van der Waals surface area contributed by atoms with E-state index < -0.39 is 0 Å². The van der Waals surface area contributed by atoms with Gasteiger partial charge in [0.15, 0.2) is 0 Å². The van der Waals surface area contributed by atoms with Crippen LogP contribution in [0.5, 0.6) is 5.75 Å². The van der Waals surface area contributed by atoms with Crippen LogP contribution < -0.4 is 15.8 Å². The zero-order chi connectivity index (χ0) is 13.4. The van der Waals surface area contributed by atoms with E-state index in [1.165, 1.54) is 0 Å². The molecule has 0 heterocycles. The molecule has 0 aliphatic carbocycles. The van der Waals surface area contributed by atoms with Crippen molar-refractivity contribution in [3.63, 3.8) is 0 Å². The van der Waals surface area contributed by atoms with Gasteiger partial charge in [-0.15, -0.1) is 0 Å². The molecule has 0 atom stereocenters. The molecule has 1 rings (SSSR count). The lowest BCUT2D eigenvalue weighted by molar-refractivity contribution is -0.121. The summed E-state index contributed by atoms with van der Waals surface area (Å²) in [5.41, 5.74) is 6.28. The molecule has 0 saturated heterocycles. The molecule has 0 saturated carbocycles. The molecule has 1 aromatic rings. The molecule has 100 valence electrons. The zero-order valence-corrected chi connectivity index (χ0v) is 11.0. The number of hydrogen-bond acceptors (Lipinski definition) is 4. The number of nitrogens with two attached hydrogens (primary N) is 1. The van der Waals surface area contributed by atoms with E-state index in [-0.39, 0.29) is 5.91 Å². The Balaban J connectivity index is 2.15. The van der Waals surface area contributed by atoms with Gasteiger partial charge in [-0.1, -0.05) is 6.07 Å². The molecule has 0 aliphatic heterocycles. The maximum Gasteiger partial charge on any atom is 0.223 e. The summed E-state index contributed by atoms with van der Waals surface area (Å²) in [4.78, 5) is 13.5. The largest absolute Gasteiger partial charge is 0.493 e. The highest BCUT2D eigenvalue weighted by atomic mass is 16.5. The van der Waals surface area contributed by atoms with Crippen LogP contribution in [0.15, 0.2) is 24.3 Å². The maximum atomic E-state index is 11.4. The molecule has 3 N–H and O–H groups in total. The number of hydrogen-bond donors (Lipinski definition) is 2. The summed E-state index contributed by atoms with van der Waals surface area (Å²) >= 11 is 0. The second-order valence-electron chi connectivity index (χ2n) is 4.32. The molecule has 18 heavy (non-hydrogen) atoms. The quantitative estimate of drug-likeness (QED) is 0.701. The number of nitrogens with one attached hydrogen (secondary N) is 1. The van der Waals surface area contributed by atoms with Gasteiger partial charge in [-0.3, -0.25) is 4.79 Å². The second kappa shape index (κ2) is 7.55. The minimum Gasteiger partial charge on any atom is -0.493 e. The Labute approximate surface area is 108 Å². The summed E-state index contributed by atoms with van der Waals surface area (Å²) in [5.74, 6) is 0.692. The first-order valence-corrected chi connectivity index (χ1v) is 5.97. The SMILES string of the molecule is CN(C)CCNC(=O)CCOc1cccc(N)c1. The van der Waals surface area contributed by atoms with E-state index in [1.807, 2.05) is 31.1 Å². The first-order valence-electron chi connectivity index (χ1n) is 5.97. The molecular weight excluding hydrogens is 230 g/mol. The molecular formula is C13H21N3O2. The van der Waals surface area contributed by atoms with E-state index in [4.69, 9.17) is 10.5 Å². The average Bonchev–Trinajstić information content (AvgIpc) is 2.28. The number of benzene rings is 1. The van der Waals surface area contributed by atoms with Crippen molar-refractivity contribution in [3.05, 3.63) is 24.3 Å². The van der Waals surface area contributed by atoms with Crippen LogP contribution in [0.2, 0.25) is 0 Å². The fraction of sp³-hybridized carbons (Fsp3) is 0.462. The summed E-state index contributed by atoms with van der Waals surface area (Å²) in [7, 11) is 3.93. The zero-order valence-electron chi connectivity index (χ0n) is 11.0. The normalized spacial score (nSPS) is 10.4. The Kier molecular flexibility index (Phi) is 6.00. The average molecular weight is 251 g/mol. The molecule has 0 bridgehead atoms. The minimum atomic E-state index is 0.000697. The van der Waals surface area contributed by atoms with Crippen molar-refractivity contribution < 1.29 is 9.53 Å². The summed E-state index contributed by atoms with van der Waals surface area (Å²) in [6.07, 6.45) is 0.349. The summed E-state index contributed by atoms with van der Waals surface area (Å²) in [6.45, 7) is 1.85. The third-order valence-corrected chi connectivity index (χ3v) is 2.34. The standard InChI is InChI=1S/C13H21N3O2/c1-16(2)8-7-15-13(17)6-9-18-12-5-3-4-11(14)10-12/h3-5,10H,6-9,14H2,1-2H3,(H,15,17). The highest BCUT2D eigenvalue weighted by Gasteiger charge is 2.02. The smallest absolute Gasteiger partial charge is 0.223 e. The molecule has 0 aromatic heterocycles. The van der Waals surface area contributed by atoms with Crippen LogP contribution in [-0.2, 0) is 4.79 Å². The lowest BCUT2D eigenvalue weighted by Gasteiger charge is -2.10. The Hall–Kier alpha value is -1.75. The van der Waals surface area contributed by atoms with Crippen LogP contribution in [0.1, 0.15) is 6.42 Å². The van der Waals surface area contributed by atoms with E-state index in [1.54, 1.807) is 12.1 Å². The molecule has 0 radical (unpaired) electrons. The van der Waals surface area contributed by atoms with Crippen molar-refractivity contribution >= 4 is 11.6 Å². The molecule has 0 spiro atoms. The van der Waals surface area contributed by atoms with Gasteiger partial charge in [0.1, 0.15) is 5.75 Å². The van der Waals surface area contributed by atoms with Gasteiger partial charge in [0.05, 0.1) is 13.0 Å². The Morgan fingerprint density at radius 3 is 2.89 bits per heavy atom. The summed E-state index contributed by atoms with van der Waals surface area (Å²) in [6, 6.07) is 7.17. The van der Waals surface area contributed by atoms with Crippen LogP contribution >= 0.6 is 0 Å². The van der Waals surface area contributed by atoms with Crippen LogP contribution in [0.4, 0.5) is 5.69 Å². The van der Waals surface area contributed by atoms with Crippen molar-refractivity contribution in [3.8, 4) is 5.75 Å². The van der Waals surface area contributed by atoms with Crippen LogP contribution in [0.25, 0.3) is 0 Å². The van der Waals surface area contributed by atoms with Gasteiger partial charge in [-0.25, -0.2) is 0 Å². The van der Waals surface area contributed by atoms with Gasteiger partial charge in [0.25, 0.3) is 0 Å². The highest BCUT2D eigenvalue weighted by molar-refractivity contribution is 5.75. The third kappa shape index (κ3) is 6.10. The van der Waals surface area contributed by atoms with Gasteiger partial charge < -0.3 is 20.7 Å². The van der Waals surface area contributed by atoms with Gasteiger partial charge >= 0.3 is 0 Å². The van der Waals surface area contributed by atoms with E-state index >= 15 is 0 Å². The molecule has 1 amide bonds. The van der Waals surface area contributed by atoms with Crippen LogP contribution in [-0.4, -0.2) is 44.6 Å². The highest BCUT2D eigenvalue weighted by Crippen LogP contribution is 2.14. The number of carbonyl (C=O) groups excluding carboxylic acids is 1. The molecule has 0 fully saturated rings. The molecule has 5 heteroatoms. The predicted octanol–water partition coefficient (Wildman–Crippen LogP) is 0.715. The molecule has 5 nitrogen and oxygen atoms in total. The first kappa shape index (κ1) is 14.3. The second-order valence-corrected chi connectivity index (χ2v) is 4.32. The molecule has 0 aliphatic rings. The van der Waals surface area contributed by atoms with Crippen LogP contribution in [0, 0.1) is 0 Å². The number of carbonyl (C=O) groups is 1.